The Bertz CT molecular complexity index is 475. The highest BCUT2D eigenvalue weighted by Crippen LogP contribution is 2.18. The average molecular weight is 308 g/mol. The zero-order valence-electron chi connectivity index (χ0n) is 14.0. The molecule has 0 heterocycles. The molecule has 0 saturated carbocycles. The summed E-state index contributed by atoms with van der Waals surface area (Å²) in [5.74, 6) is 1.29. The van der Waals surface area contributed by atoms with Crippen molar-refractivity contribution in [2.75, 3.05) is 13.2 Å². The summed E-state index contributed by atoms with van der Waals surface area (Å²) in [5.41, 5.74) is 2.06. The largest absolute Gasteiger partial charge is 0.494 e. The van der Waals surface area contributed by atoms with Gasteiger partial charge < -0.3 is 20.5 Å². The molecule has 0 fully saturated rings. The van der Waals surface area contributed by atoms with Gasteiger partial charge in [0.05, 0.1) is 19.3 Å². The summed E-state index contributed by atoms with van der Waals surface area (Å²) in [5, 5.41) is 14.9. The first-order valence-electron chi connectivity index (χ1n) is 7.83. The molecule has 1 unspecified atom stereocenters. The van der Waals surface area contributed by atoms with Gasteiger partial charge in [-0.1, -0.05) is 26.0 Å². The number of benzene rings is 1. The lowest BCUT2D eigenvalue weighted by atomic mass is 10.0. The number of hydrogen-bond donors (Lipinski definition) is 3. The van der Waals surface area contributed by atoms with Crippen molar-refractivity contribution in [2.45, 2.75) is 46.7 Å². The lowest BCUT2D eigenvalue weighted by molar-refractivity contribution is 0.206. The third-order valence-corrected chi connectivity index (χ3v) is 3.30. The van der Waals surface area contributed by atoms with Crippen LogP contribution in [0.5, 0.6) is 5.75 Å². The Balaban J connectivity index is 2.48. The monoisotopic (exact) mass is 308 g/mol. The maximum absolute atomic E-state index is 11.9. The van der Waals surface area contributed by atoms with E-state index in [-0.39, 0.29) is 18.7 Å². The number of carbonyl (C=O) groups is 1. The maximum atomic E-state index is 11.9. The van der Waals surface area contributed by atoms with Crippen LogP contribution in [0.15, 0.2) is 18.2 Å². The van der Waals surface area contributed by atoms with Gasteiger partial charge in [0, 0.05) is 6.54 Å². The van der Waals surface area contributed by atoms with E-state index in [2.05, 4.69) is 24.5 Å². The summed E-state index contributed by atoms with van der Waals surface area (Å²) in [4.78, 5) is 11.9. The summed E-state index contributed by atoms with van der Waals surface area (Å²) in [7, 11) is 0. The van der Waals surface area contributed by atoms with Crippen LogP contribution in [0.1, 0.15) is 38.3 Å². The summed E-state index contributed by atoms with van der Waals surface area (Å²) in [6.07, 6.45) is 0.756. The minimum Gasteiger partial charge on any atom is -0.494 e. The fourth-order valence-electron chi connectivity index (χ4n) is 2.31. The molecule has 0 bridgehead atoms. The fraction of sp³-hybridized carbons (Fsp3) is 0.588. The Labute approximate surface area is 133 Å². The molecule has 1 rings (SSSR count). The molecule has 22 heavy (non-hydrogen) atoms. The molecule has 0 aliphatic heterocycles. The highest BCUT2D eigenvalue weighted by Gasteiger charge is 2.12. The zero-order valence-corrected chi connectivity index (χ0v) is 14.0. The standard InChI is InChI=1S/C17H28N2O3/c1-5-22-16-7-6-14(9-13(16)4)10-18-17(21)19-15(11-20)8-12(2)3/h6-7,9,12,15,20H,5,8,10-11H2,1-4H3,(H2,18,19,21). The van der Waals surface area contributed by atoms with Crippen LogP contribution in [0.3, 0.4) is 0 Å². The molecule has 0 radical (unpaired) electrons. The maximum Gasteiger partial charge on any atom is 0.315 e. The molecule has 0 spiro atoms. The Morgan fingerprint density at radius 2 is 2.09 bits per heavy atom. The number of urea groups is 1. The number of aliphatic hydroxyl groups excluding tert-OH is 1. The second-order valence-corrected chi connectivity index (χ2v) is 5.87. The van der Waals surface area contributed by atoms with Gasteiger partial charge in [0.2, 0.25) is 0 Å². The summed E-state index contributed by atoms with van der Waals surface area (Å²) >= 11 is 0. The lowest BCUT2D eigenvalue weighted by Gasteiger charge is -2.18. The number of rotatable bonds is 8. The highest BCUT2D eigenvalue weighted by atomic mass is 16.5. The molecule has 1 atom stereocenters. The number of nitrogens with one attached hydrogen (secondary N) is 2. The summed E-state index contributed by atoms with van der Waals surface area (Å²) in [6, 6.07) is 5.40. The van der Waals surface area contributed by atoms with Gasteiger partial charge in [-0.15, -0.1) is 0 Å². The van der Waals surface area contributed by atoms with Crippen molar-refractivity contribution < 1.29 is 14.6 Å². The van der Waals surface area contributed by atoms with Crippen molar-refractivity contribution in [1.82, 2.24) is 10.6 Å². The third-order valence-electron chi connectivity index (χ3n) is 3.30. The molecular formula is C17H28N2O3. The Hall–Kier alpha value is -1.75. The Morgan fingerprint density at radius 1 is 1.36 bits per heavy atom. The first-order chi connectivity index (χ1) is 10.5. The lowest BCUT2D eigenvalue weighted by Crippen LogP contribution is -2.44. The molecule has 0 aliphatic rings. The molecule has 5 nitrogen and oxygen atoms in total. The number of ether oxygens (including phenoxy) is 1. The smallest absolute Gasteiger partial charge is 0.315 e. The van der Waals surface area contributed by atoms with Gasteiger partial charge in [0.25, 0.3) is 0 Å². The first-order valence-corrected chi connectivity index (χ1v) is 7.83. The normalized spacial score (nSPS) is 12.1. The van der Waals surface area contributed by atoms with Crippen LogP contribution >= 0.6 is 0 Å². The van der Waals surface area contributed by atoms with Crippen LogP contribution in [-0.4, -0.2) is 30.4 Å². The van der Waals surface area contributed by atoms with Crippen LogP contribution in [0.25, 0.3) is 0 Å². The number of hydrogen-bond acceptors (Lipinski definition) is 3. The van der Waals surface area contributed by atoms with Gasteiger partial charge in [-0.05, 0) is 43.4 Å². The molecule has 1 aromatic rings. The molecular weight excluding hydrogens is 280 g/mol. The summed E-state index contributed by atoms with van der Waals surface area (Å²) < 4.78 is 5.49. The topological polar surface area (TPSA) is 70.6 Å². The molecule has 0 saturated heterocycles. The predicted octanol–water partition coefficient (Wildman–Crippen LogP) is 2.60. The van der Waals surface area contributed by atoms with E-state index < -0.39 is 0 Å². The number of carbonyl (C=O) groups excluding carboxylic acids is 1. The fourth-order valence-corrected chi connectivity index (χ4v) is 2.31. The van der Waals surface area contributed by atoms with Gasteiger partial charge in [0.15, 0.2) is 0 Å². The van der Waals surface area contributed by atoms with Crippen molar-refractivity contribution in [3.8, 4) is 5.75 Å². The molecule has 2 amide bonds. The van der Waals surface area contributed by atoms with Gasteiger partial charge in [-0.3, -0.25) is 0 Å². The van der Waals surface area contributed by atoms with Crippen molar-refractivity contribution in [3.63, 3.8) is 0 Å². The van der Waals surface area contributed by atoms with E-state index in [0.29, 0.717) is 19.1 Å². The Kier molecular flexibility index (Phi) is 7.74. The minimum atomic E-state index is -0.258. The molecule has 3 N–H and O–H groups in total. The first kappa shape index (κ1) is 18.3. The Morgan fingerprint density at radius 3 is 2.64 bits per heavy atom. The number of aliphatic hydroxyl groups is 1. The quantitative estimate of drug-likeness (QED) is 0.691. The minimum absolute atomic E-state index is 0.0479. The van der Waals surface area contributed by atoms with E-state index >= 15 is 0 Å². The van der Waals surface area contributed by atoms with Crippen LogP contribution < -0.4 is 15.4 Å². The molecule has 1 aromatic carbocycles. The van der Waals surface area contributed by atoms with Crippen molar-refractivity contribution in [3.05, 3.63) is 29.3 Å². The van der Waals surface area contributed by atoms with Gasteiger partial charge >= 0.3 is 6.03 Å². The third kappa shape index (κ3) is 6.35. The van der Waals surface area contributed by atoms with Crippen molar-refractivity contribution in [2.24, 2.45) is 5.92 Å². The molecule has 0 aliphatic carbocycles. The second-order valence-electron chi connectivity index (χ2n) is 5.87. The van der Waals surface area contributed by atoms with Crippen LogP contribution in [0, 0.1) is 12.8 Å². The van der Waals surface area contributed by atoms with E-state index in [1.54, 1.807) is 0 Å². The van der Waals surface area contributed by atoms with Crippen molar-refractivity contribution in [1.29, 1.82) is 0 Å². The van der Waals surface area contributed by atoms with E-state index in [1.807, 2.05) is 32.0 Å². The van der Waals surface area contributed by atoms with Crippen LogP contribution in [0.4, 0.5) is 4.79 Å². The van der Waals surface area contributed by atoms with E-state index in [9.17, 15) is 9.90 Å². The molecule has 124 valence electrons. The second kappa shape index (κ2) is 9.30. The predicted molar refractivity (Wildman–Crippen MR) is 88.0 cm³/mol. The van der Waals surface area contributed by atoms with Gasteiger partial charge in [0.1, 0.15) is 5.75 Å². The van der Waals surface area contributed by atoms with Gasteiger partial charge in [-0.2, -0.15) is 0 Å². The number of amides is 2. The highest BCUT2D eigenvalue weighted by molar-refractivity contribution is 5.74. The van der Waals surface area contributed by atoms with E-state index in [4.69, 9.17) is 4.74 Å². The van der Waals surface area contributed by atoms with Crippen LogP contribution in [-0.2, 0) is 6.54 Å². The molecule has 0 aromatic heterocycles. The van der Waals surface area contributed by atoms with Crippen molar-refractivity contribution >= 4 is 6.03 Å². The van der Waals surface area contributed by atoms with Gasteiger partial charge in [-0.25, -0.2) is 4.79 Å². The summed E-state index contributed by atoms with van der Waals surface area (Å²) in [6.45, 7) is 9.09. The van der Waals surface area contributed by atoms with E-state index in [0.717, 1.165) is 23.3 Å². The SMILES string of the molecule is CCOc1ccc(CNC(=O)NC(CO)CC(C)C)cc1C. The number of aryl methyl sites for hydroxylation is 1. The van der Waals surface area contributed by atoms with Crippen LogP contribution in [0.2, 0.25) is 0 Å². The average Bonchev–Trinajstić information content (AvgIpc) is 2.46. The zero-order chi connectivity index (χ0) is 16.5. The molecule has 5 heteroatoms. The van der Waals surface area contributed by atoms with E-state index in [1.165, 1.54) is 0 Å².